The zero-order valence-electron chi connectivity index (χ0n) is 14.8. The number of hydrogen-bond acceptors (Lipinski definition) is 4. The molecule has 1 unspecified atom stereocenters. The van der Waals surface area contributed by atoms with Crippen molar-refractivity contribution in [2.45, 2.75) is 18.9 Å². The van der Waals surface area contributed by atoms with Crippen LogP contribution in [0.1, 0.15) is 12.8 Å². The maximum Gasteiger partial charge on any atom is 0.290 e. The minimum absolute atomic E-state index is 0.110. The molecule has 0 amide bonds. The van der Waals surface area contributed by atoms with Crippen LogP contribution in [0.5, 0.6) is 5.75 Å². The van der Waals surface area contributed by atoms with Crippen molar-refractivity contribution in [3.05, 3.63) is 65.1 Å². The first-order chi connectivity index (χ1) is 13.2. The third-order valence-electron chi connectivity index (χ3n) is 4.41. The molecule has 1 aliphatic heterocycles. The van der Waals surface area contributed by atoms with Gasteiger partial charge in [-0.1, -0.05) is 30.3 Å². The van der Waals surface area contributed by atoms with Crippen LogP contribution in [0.3, 0.4) is 0 Å². The second-order valence-corrected chi connectivity index (χ2v) is 6.15. The Balaban J connectivity index is 0.000000659. The summed E-state index contributed by atoms with van der Waals surface area (Å²) >= 11 is 0. The van der Waals surface area contributed by atoms with Gasteiger partial charge in [-0.2, -0.15) is 0 Å². The minimum atomic E-state index is -0.250. The van der Waals surface area contributed by atoms with Crippen LogP contribution in [0.25, 0.3) is 21.9 Å². The highest BCUT2D eigenvalue weighted by Gasteiger charge is 2.18. The zero-order valence-corrected chi connectivity index (χ0v) is 14.8. The molecule has 1 atom stereocenters. The summed E-state index contributed by atoms with van der Waals surface area (Å²) in [6, 6.07) is 15.6. The molecule has 0 spiro atoms. The lowest BCUT2D eigenvalue weighted by Gasteiger charge is -2.16. The van der Waals surface area contributed by atoms with Gasteiger partial charge < -0.3 is 19.6 Å². The lowest BCUT2D eigenvalue weighted by Crippen LogP contribution is -2.16. The Hall–Kier alpha value is -3.12. The molecule has 4 rings (SSSR count). The van der Waals surface area contributed by atoms with E-state index in [-0.39, 0.29) is 18.1 Å². The number of hydrogen-bond donors (Lipinski definition) is 2. The maximum atomic E-state index is 11.4. The third-order valence-corrected chi connectivity index (χ3v) is 4.41. The first-order valence-electron chi connectivity index (χ1n) is 8.76. The number of benzene rings is 2. The van der Waals surface area contributed by atoms with Crippen molar-refractivity contribution >= 4 is 17.2 Å². The van der Waals surface area contributed by atoms with Crippen molar-refractivity contribution in [1.82, 2.24) is 4.98 Å². The van der Waals surface area contributed by atoms with Gasteiger partial charge in [0, 0.05) is 30.0 Å². The van der Waals surface area contributed by atoms with Gasteiger partial charge in [0.1, 0.15) is 12.4 Å². The molecule has 140 valence electrons. The summed E-state index contributed by atoms with van der Waals surface area (Å²) in [5.41, 5.74) is 1.83. The summed E-state index contributed by atoms with van der Waals surface area (Å²) in [6.45, 7) is 1.12. The van der Waals surface area contributed by atoms with Crippen molar-refractivity contribution in [2.24, 2.45) is 0 Å². The Bertz CT molecular complexity index is 940. The van der Waals surface area contributed by atoms with Gasteiger partial charge in [0.05, 0.1) is 6.10 Å². The smallest absolute Gasteiger partial charge is 0.290 e. The number of pyridine rings is 1. The van der Waals surface area contributed by atoms with Crippen LogP contribution < -0.4 is 10.3 Å². The van der Waals surface area contributed by atoms with Gasteiger partial charge in [0.15, 0.2) is 0 Å². The van der Waals surface area contributed by atoms with Gasteiger partial charge in [-0.25, -0.2) is 0 Å². The van der Waals surface area contributed by atoms with E-state index in [1.165, 1.54) is 0 Å². The monoisotopic (exact) mass is 367 g/mol. The van der Waals surface area contributed by atoms with Gasteiger partial charge in [-0.15, -0.1) is 0 Å². The minimum Gasteiger partial charge on any atom is -0.490 e. The van der Waals surface area contributed by atoms with Gasteiger partial charge in [-0.3, -0.25) is 9.59 Å². The fourth-order valence-corrected chi connectivity index (χ4v) is 3.19. The number of nitrogens with one attached hydrogen (secondary N) is 1. The van der Waals surface area contributed by atoms with Crippen molar-refractivity contribution in [1.29, 1.82) is 0 Å². The Morgan fingerprint density at radius 2 is 2.00 bits per heavy atom. The summed E-state index contributed by atoms with van der Waals surface area (Å²) in [6.07, 6.45) is 4.04. The average molecular weight is 367 g/mol. The fourth-order valence-electron chi connectivity index (χ4n) is 3.19. The quantitative estimate of drug-likeness (QED) is 0.690. The molecule has 1 aromatic heterocycles. The number of carbonyl (C=O) groups is 1. The topological polar surface area (TPSA) is 88.6 Å². The van der Waals surface area contributed by atoms with Crippen LogP contribution in [0.2, 0.25) is 0 Å². The molecule has 0 saturated carbocycles. The molecule has 27 heavy (non-hydrogen) atoms. The zero-order chi connectivity index (χ0) is 19.1. The van der Waals surface area contributed by atoms with Crippen molar-refractivity contribution in [3.8, 4) is 16.9 Å². The first kappa shape index (κ1) is 18.7. The van der Waals surface area contributed by atoms with E-state index in [4.69, 9.17) is 19.4 Å². The highest BCUT2D eigenvalue weighted by molar-refractivity contribution is 5.99. The highest BCUT2D eigenvalue weighted by atomic mass is 16.5. The van der Waals surface area contributed by atoms with E-state index in [1.807, 2.05) is 24.3 Å². The molecule has 0 aliphatic carbocycles. The van der Waals surface area contributed by atoms with E-state index in [2.05, 4.69) is 23.2 Å². The summed E-state index contributed by atoms with van der Waals surface area (Å²) in [7, 11) is 0. The Kier molecular flexibility index (Phi) is 6.22. The van der Waals surface area contributed by atoms with E-state index < -0.39 is 0 Å². The van der Waals surface area contributed by atoms with Crippen LogP contribution >= 0.6 is 0 Å². The van der Waals surface area contributed by atoms with Crippen LogP contribution in [0.4, 0.5) is 0 Å². The number of aromatic amines is 1. The normalized spacial score (nSPS) is 15.8. The van der Waals surface area contributed by atoms with E-state index in [9.17, 15) is 4.79 Å². The SMILES string of the molecule is O=CO.O=c1ccc(-c2c(OCC3CCCO3)ccc3ccccc23)c[nH]1. The number of aromatic nitrogens is 1. The molecule has 1 aliphatic rings. The van der Waals surface area contributed by atoms with Crippen molar-refractivity contribution in [2.75, 3.05) is 13.2 Å². The average Bonchev–Trinajstić information content (AvgIpc) is 3.21. The van der Waals surface area contributed by atoms with Gasteiger partial charge in [-0.05, 0) is 35.7 Å². The third kappa shape index (κ3) is 4.54. The number of fused-ring (bicyclic) bond motifs is 1. The molecule has 1 saturated heterocycles. The molecule has 1 fully saturated rings. The predicted octanol–water partition coefficient (Wildman–Crippen LogP) is 3.45. The molecular formula is C21H21NO5. The second-order valence-electron chi connectivity index (χ2n) is 6.15. The van der Waals surface area contributed by atoms with E-state index in [1.54, 1.807) is 12.3 Å². The molecule has 6 heteroatoms. The van der Waals surface area contributed by atoms with Crippen LogP contribution in [0.15, 0.2) is 59.5 Å². The van der Waals surface area contributed by atoms with Gasteiger partial charge in [0.2, 0.25) is 5.56 Å². The lowest BCUT2D eigenvalue weighted by atomic mass is 9.98. The number of rotatable bonds is 4. The first-order valence-corrected chi connectivity index (χ1v) is 8.76. The van der Waals surface area contributed by atoms with E-state index in [0.717, 1.165) is 47.1 Å². The standard InChI is InChI=1S/C20H19NO3.CH2O2/c22-19-10-8-15(12-21-19)20-17-6-2-1-4-14(17)7-9-18(20)24-13-16-5-3-11-23-16;2-1-3/h1-2,4,6-10,12,16H,3,5,11,13H2,(H,21,22);1H,(H,2,3). The molecule has 2 heterocycles. The molecule has 6 nitrogen and oxygen atoms in total. The fraction of sp³-hybridized carbons (Fsp3) is 0.238. The molecule has 0 bridgehead atoms. The summed E-state index contributed by atoms with van der Waals surface area (Å²) in [5.74, 6) is 0.816. The van der Waals surface area contributed by atoms with E-state index in [0.29, 0.717) is 6.61 Å². The summed E-state index contributed by atoms with van der Waals surface area (Å²) < 4.78 is 11.7. The van der Waals surface area contributed by atoms with Gasteiger partial charge >= 0.3 is 0 Å². The Morgan fingerprint density at radius 3 is 2.70 bits per heavy atom. The Labute approximate surface area is 156 Å². The van der Waals surface area contributed by atoms with Crippen LogP contribution in [0, 0.1) is 0 Å². The predicted molar refractivity (Wildman–Crippen MR) is 103 cm³/mol. The number of ether oxygens (including phenoxy) is 2. The molecule has 2 aromatic carbocycles. The summed E-state index contributed by atoms with van der Waals surface area (Å²) in [5, 5.41) is 9.14. The molecule has 2 N–H and O–H groups in total. The number of H-pyrrole nitrogens is 1. The molecule has 0 radical (unpaired) electrons. The van der Waals surface area contributed by atoms with Crippen LogP contribution in [-0.4, -0.2) is 35.9 Å². The van der Waals surface area contributed by atoms with Crippen molar-refractivity contribution < 1.29 is 19.4 Å². The largest absolute Gasteiger partial charge is 0.490 e. The second kappa shape index (κ2) is 9.00. The molecular weight excluding hydrogens is 346 g/mol. The van der Waals surface area contributed by atoms with Gasteiger partial charge in [0.25, 0.3) is 6.47 Å². The number of carboxylic acid groups (broad SMARTS) is 1. The Morgan fingerprint density at radius 1 is 1.19 bits per heavy atom. The maximum absolute atomic E-state index is 11.4. The summed E-state index contributed by atoms with van der Waals surface area (Å²) in [4.78, 5) is 22.5. The van der Waals surface area contributed by atoms with Crippen molar-refractivity contribution in [3.63, 3.8) is 0 Å². The lowest BCUT2D eigenvalue weighted by molar-refractivity contribution is -0.122. The molecule has 3 aromatic rings. The highest BCUT2D eigenvalue weighted by Crippen LogP contribution is 2.36. The van der Waals surface area contributed by atoms with E-state index >= 15 is 0 Å². The van der Waals surface area contributed by atoms with Crippen LogP contribution in [-0.2, 0) is 9.53 Å².